The fraction of sp³-hybridized carbons (Fsp3) is 0.549. The van der Waals surface area contributed by atoms with Crippen molar-refractivity contribution in [1.82, 2.24) is 81.2 Å². The van der Waals surface area contributed by atoms with Crippen molar-refractivity contribution < 1.29 is 113 Å². The van der Waals surface area contributed by atoms with E-state index in [2.05, 4.69) is 51.8 Å². The van der Waals surface area contributed by atoms with Crippen molar-refractivity contribution in [3.63, 3.8) is 0 Å². The Kier molecular flexibility index (Phi) is 35.6. The number of rotatable bonds is 34. The maximum Gasteiger partial charge on any atom is 0.410 e. The standard InChI is InChI=1S/C56H76F2N8O12.C46H60F2N8O8/c1-15-43(61-49(69)29(3)63(13)53(73)77-55(7,8)9)51(71)65-27-37(75-31(5)67)23-35(65)25-41-39-19-17-33(57)21-45(39)59-47(41)48-42(40-20-18-34(58)22-46(40)60-48)26-36-24-38(76-32(6)68)28-66(36)52(72)44(16-2)62-50(70)30(4)64(14)54(74)78-56(10,11)12;1-9-37(53-43(59)23(3)49-7)45(61)55-21-31(63-25(5)57)17-29(55)19-35-33-13-11-27(47)15-39(33)51-41(35)42-36(34-14-12-28(48)16-40(34)52-42)20-30-18-32(64-26(6)58)22-56(30)46(62)38(10-2)54-44(60)24(4)50-8/h17-22,29-30,35-38,43-44,59-60H,15-16,23-28H2,1-14H3,(H,61,69)(H,62,70);11-16,23-24,29-32,37-38,49-52H,9-10,17-22H2,1-8H3,(H,53,59)(H,54,60)/t29-,30-,35-,36-,37-,38-,43-,44-;23-,24-,29-,30-,31-,32-,37-,38-/m00/s1. The Hall–Kier alpha value is -13.1. The van der Waals surface area contributed by atoms with Crippen LogP contribution in [0.25, 0.3) is 66.4 Å². The van der Waals surface area contributed by atoms with Gasteiger partial charge in [-0.05, 0) is 230 Å². The van der Waals surface area contributed by atoms with E-state index in [9.17, 15) is 75.9 Å². The number of amides is 10. The Labute approximate surface area is 822 Å². The molecule has 0 saturated carbocycles. The number of aromatic amines is 4. The number of hydrogen-bond donors (Lipinski definition) is 10. The molecule has 0 radical (unpaired) electrons. The van der Waals surface area contributed by atoms with Gasteiger partial charge in [-0.1, -0.05) is 27.7 Å². The topological polar surface area (TPSA) is 449 Å². The average Bonchev–Trinajstić information content (AvgIpc) is 1.59. The number of nitrogens with zero attached hydrogens (tertiary/aromatic N) is 6. The van der Waals surface area contributed by atoms with E-state index in [1.165, 1.54) is 104 Å². The maximum atomic E-state index is 15.2. The van der Waals surface area contributed by atoms with Crippen LogP contribution >= 0.6 is 0 Å². The first-order valence-corrected chi connectivity index (χ1v) is 48.5. The molecule has 36 nitrogen and oxygen atoms in total. The van der Waals surface area contributed by atoms with Gasteiger partial charge in [-0.25, -0.2) is 27.2 Å². The zero-order valence-corrected chi connectivity index (χ0v) is 84.8. The zero-order chi connectivity index (χ0) is 104. The van der Waals surface area contributed by atoms with Gasteiger partial charge in [0.05, 0.1) is 61.0 Å². The summed E-state index contributed by atoms with van der Waals surface area (Å²) in [5.41, 5.74) is 4.66. The second-order valence-corrected chi connectivity index (χ2v) is 39.4. The van der Waals surface area contributed by atoms with Crippen LogP contribution in [0.1, 0.15) is 198 Å². The molecule has 8 aromatic rings. The molecule has 16 atom stereocenters. The maximum absolute atomic E-state index is 15.2. The number of H-pyrrole nitrogens is 4. The molecule has 8 heterocycles. The highest BCUT2D eigenvalue weighted by atomic mass is 19.1. The zero-order valence-electron chi connectivity index (χ0n) is 84.8. The van der Waals surface area contributed by atoms with Crippen LogP contribution < -0.4 is 31.9 Å². The minimum absolute atomic E-state index is 0.0142. The molecule has 40 heteroatoms. The summed E-state index contributed by atoms with van der Waals surface area (Å²) in [5, 5.41) is 19.6. The third-order valence-corrected chi connectivity index (χ3v) is 26.7. The van der Waals surface area contributed by atoms with Crippen LogP contribution in [-0.4, -0.2) is 295 Å². The van der Waals surface area contributed by atoms with Gasteiger partial charge >= 0.3 is 36.1 Å². The molecule has 0 aliphatic carbocycles. The molecule has 12 rings (SSSR count). The molecule has 4 aliphatic heterocycles. The van der Waals surface area contributed by atoms with E-state index in [0.29, 0.717) is 101 Å². The molecular weight excluding hydrogens is 1850 g/mol. The Balaban J connectivity index is 0.000000276. The summed E-state index contributed by atoms with van der Waals surface area (Å²) < 4.78 is 93.9. The Morgan fingerprint density at radius 1 is 0.366 bits per heavy atom. The fourth-order valence-corrected chi connectivity index (χ4v) is 19.1. The summed E-state index contributed by atoms with van der Waals surface area (Å²) in [6.45, 7) is 28.9. The number of fused-ring (bicyclic) bond motifs is 4. The van der Waals surface area contributed by atoms with Crippen molar-refractivity contribution in [2.24, 2.45) is 0 Å². The lowest BCUT2D eigenvalue weighted by Gasteiger charge is -2.31. The molecule has 10 N–H and O–H groups in total. The van der Waals surface area contributed by atoms with Crippen molar-refractivity contribution in [2.45, 2.75) is 310 Å². The summed E-state index contributed by atoms with van der Waals surface area (Å²) in [6.07, 6.45) is -1.71. The van der Waals surface area contributed by atoms with Crippen LogP contribution in [0.2, 0.25) is 0 Å². The number of carbonyl (C=O) groups is 14. The summed E-state index contributed by atoms with van der Waals surface area (Å²) in [4.78, 5) is 209. The number of nitrogens with one attached hydrogen (secondary N) is 10. The van der Waals surface area contributed by atoms with Gasteiger partial charge < -0.3 is 99.9 Å². The van der Waals surface area contributed by atoms with Crippen molar-refractivity contribution in [1.29, 1.82) is 0 Å². The lowest BCUT2D eigenvalue weighted by Crippen LogP contribution is -2.55. The molecule has 0 bridgehead atoms. The molecule has 4 aromatic heterocycles. The number of likely N-dealkylation sites (N-methyl/N-ethyl adjacent to an activating group) is 4. The quantitative estimate of drug-likeness (QED) is 0.0102. The first-order chi connectivity index (χ1) is 66.8. The molecule has 0 spiro atoms. The smallest absolute Gasteiger partial charge is 0.410 e. The van der Waals surface area contributed by atoms with Crippen molar-refractivity contribution >= 4 is 127 Å². The van der Waals surface area contributed by atoms with Crippen LogP contribution in [0.15, 0.2) is 72.8 Å². The highest BCUT2D eigenvalue weighted by Gasteiger charge is 2.48. The van der Waals surface area contributed by atoms with Gasteiger partial charge in [0.25, 0.3) is 0 Å². The van der Waals surface area contributed by atoms with E-state index in [1.54, 1.807) is 141 Å². The molecular formula is C102H136F4N16O20. The third kappa shape index (κ3) is 26.2. The van der Waals surface area contributed by atoms with E-state index in [4.69, 9.17) is 28.4 Å². The van der Waals surface area contributed by atoms with Gasteiger partial charge in [0.2, 0.25) is 47.3 Å². The van der Waals surface area contributed by atoms with Gasteiger partial charge in [-0.3, -0.25) is 67.3 Å². The highest BCUT2D eigenvalue weighted by Crippen LogP contribution is 2.44. The molecule has 4 saturated heterocycles. The lowest BCUT2D eigenvalue weighted by atomic mass is 9.94. The van der Waals surface area contributed by atoms with Gasteiger partial charge in [0.15, 0.2) is 0 Å². The van der Waals surface area contributed by atoms with Crippen LogP contribution in [0.5, 0.6) is 0 Å². The van der Waals surface area contributed by atoms with Gasteiger partial charge in [-0.2, -0.15) is 0 Å². The Morgan fingerprint density at radius 3 is 0.768 bits per heavy atom. The Morgan fingerprint density at radius 2 is 0.577 bits per heavy atom. The number of likely N-dealkylation sites (tertiary alicyclic amines) is 4. The molecule has 4 aliphatic rings. The van der Waals surface area contributed by atoms with Crippen molar-refractivity contribution in [2.75, 3.05) is 54.4 Å². The SMILES string of the molecule is CC[C@H](NC(=O)[C@H](C)N(C)C(=O)OC(C)(C)C)C(=O)N1C[C@@H](OC(C)=O)C[C@H]1Cc1c(-c2[nH]c3cc(F)ccc3c2C[C@@H]2C[C@H](OC(C)=O)CN2C(=O)[C@H](CC)NC(=O)[C@H](C)N(C)C(=O)OC(C)(C)C)[nH]c2cc(F)ccc12.CC[C@H](NC(=O)[C@H](C)NC)C(=O)N1C[C@@H](OC(C)=O)C[C@H]1Cc1c(-c2[nH]c3cc(F)ccc3c2C[C@@H]2C[C@H](OC(C)=O)CN2C(=O)[C@H](CC)NC(=O)[C@H](C)NC)[nH]c2cc(F)ccc12. The van der Waals surface area contributed by atoms with E-state index in [-0.39, 0.29) is 114 Å². The number of benzene rings is 4. The highest BCUT2D eigenvalue weighted by molar-refractivity contribution is 6.00. The summed E-state index contributed by atoms with van der Waals surface area (Å²) >= 11 is 0. The average molecular weight is 1980 g/mol. The van der Waals surface area contributed by atoms with Gasteiger partial charge in [0.1, 0.15) is 95.1 Å². The van der Waals surface area contributed by atoms with Crippen LogP contribution in [-0.2, 0) is 112 Å². The lowest BCUT2D eigenvalue weighted by molar-refractivity contribution is -0.147. The number of halogens is 4. The summed E-state index contributed by atoms with van der Waals surface area (Å²) in [5.74, 6) is -7.72. The first kappa shape index (κ1) is 109. The third-order valence-electron chi connectivity index (χ3n) is 26.7. The molecule has 10 amide bonds. The first-order valence-electron chi connectivity index (χ1n) is 48.5. The van der Waals surface area contributed by atoms with E-state index >= 15 is 8.78 Å². The molecule has 142 heavy (non-hydrogen) atoms. The van der Waals surface area contributed by atoms with Crippen molar-refractivity contribution in [3.05, 3.63) is 118 Å². The van der Waals surface area contributed by atoms with E-state index < -0.39 is 191 Å². The minimum Gasteiger partial charge on any atom is -0.461 e. The predicted molar refractivity (Wildman–Crippen MR) is 521 cm³/mol. The largest absolute Gasteiger partial charge is 0.461 e. The van der Waals surface area contributed by atoms with Gasteiger partial charge in [0, 0.05) is 135 Å². The molecule has 772 valence electrons. The van der Waals surface area contributed by atoms with Crippen LogP contribution in [0.3, 0.4) is 0 Å². The summed E-state index contributed by atoms with van der Waals surface area (Å²) in [6, 6.07) is 7.75. The molecule has 0 unspecified atom stereocenters. The van der Waals surface area contributed by atoms with Crippen LogP contribution in [0, 0.1) is 23.3 Å². The second kappa shape index (κ2) is 46.3. The monoisotopic (exact) mass is 1980 g/mol. The van der Waals surface area contributed by atoms with Crippen LogP contribution in [0.4, 0.5) is 27.2 Å². The number of carbonyl (C=O) groups excluding carboxylic acids is 14. The number of hydrogen-bond acceptors (Lipinski definition) is 22. The predicted octanol–water partition coefficient (Wildman–Crippen LogP) is 10.8. The van der Waals surface area contributed by atoms with E-state index in [0.717, 1.165) is 9.80 Å². The number of esters is 4. The van der Waals surface area contributed by atoms with Gasteiger partial charge in [-0.15, -0.1) is 0 Å². The number of ether oxygens (including phenoxy) is 6. The number of aromatic nitrogens is 4. The normalized spacial score (nSPS) is 19.8. The Bertz CT molecular complexity index is 5680. The molecule has 4 fully saturated rings. The second-order valence-electron chi connectivity index (χ2n) is 39.4. The fourth-order valence-electron chi connectivity index (χ4n) is 19.1. The van der Waals surface area contributed by atoms with Crippen molar-refractivity contribution in [3.8, 4) is 22.8 Å². The minimum atomic E-state index is -1.06. The molecule has 4 aromatic carbocycles. The summed E-state index contributed by atoms with van der Waals surface area (Å²) in [7, 11) is 6.14. The van der Waals surface area contributed by atoms with E-state index in [1.807, 2.05) is 0 Å².